The zero-order chi connectivity index (χ0) is 34.4. The molecule has 2 aliphatic heterocycles. The van der Waals surface area contributed by atoms with Gasteiger partial charge < -0.3 is 19.1 Å². The Morgan fingerprint density at radius 3 is 2.26 bits per heavy atom. The third kappa shape index (κ3) is 8.30. The van der Waals surface area contributed by atoms with E-state index in [9.17, 15) is 37.1 Å². The van der Waals surface area contributed by atoms with Crippen LogP contribution >= 0.6 is 0 Å². The molecule has 0 bridgehead atoms. The van der Waals surface area contributed by atoms with Gasteiger partial charge in [0.2, 0.25) is 5.91 Å². The zero-order valence-corrected chi connectivity index (χ0v) is 26.6. The van der Waals surface area contributed by atoms with Gasteiger partial charge in [-0.25, -0.2) is 4.79 Å². The SMILES string of the molecule is COC(=O)[C@@H](CC(=O)C1(Cc2ccc(C(F)(F)F)cc2)CCCN1C(=O)C1CCCN1C(=O)OCc1ccccc1)C(C)OC(C)=O. The predicted molar refractivity (Wildman–Crippen MR) is 162 cm³/mol. The third-order valence-corrected chi connectivity index (χ3v) is 8.86. The van der Waals surface area contributed by atoms with E-state index in [0.717, 1.165) is 31.7 Å². The Bertz CT molecular complexity index is 1450. The molecule has 0 spiro atoms. The molecule has 13 heteroatoms. The number of ether oxygens (including phenoxy) is 3. The molecule has 0 radical (unpaired) electrons. The number of ketones is 1. The molecule has 254 valence electrons. The molecule has 4 atom stereocenters. The van der Waals surface area contributed by atoms with Crippen LogP contribution in [-0.2, 0) is 52.6 Å². The highest BCUT2D eigenvalue weighted by Crippen LogP contribution is 2.39. The molecule has 2 amide bonds. The fourth-order valence-electron chi connectivity index (χ4n) is 6.47. The van der Waals surface area contributed by atoms with E-state index < -0.39 is 71.5 Å². The number of hydrogen-bond donors (Lipinski definition) is 0. The number of halogens is 3. The average Bonchev–Trinajstić information content (AvgIpc) is 3.70. The van der Waals surface area contributed by atoms with Crippen LogP contribution in [-0.4, -0.2) is 77.4 Å². The number of methoxy groups -OCH3 is 1. The first-order valence-electron chi connectivity index (χ1n) is 15.5. The van der Waals surface area contributed by atoms with Crippen molar-refractivity contribution in [1.82, 2.24) is 9.80 Å². The Labute approximate surface area is 271 Å². The van der Waals surface area contributed by atoms with Crippen molar-refractivity contribution in [1.29, 1.82) is 0 Å². The van der Waals surface area contributed by atoms with Crippen molar-refractivity contribution >= 4 is 29.7 Å². The quantitative estimate of drug-likeness (QED) is 0.241. The van der Waals surface area contributed by atoms with E-state index in [1.165, 1.54) is 28.9 Å². The van der Waals surface area contributed by atoms with Crippen molar-refractivity contribution in [2.45, 2.75) is 82.8 Å². The van der Waals surface area contributed by atoms with Crippen LogP contribution in [0.1, 0.15) is 62.6 Å². The summed E-state index contributed by atoms with van der Waals surface area (Å²) in [5, 5.41) is 0. The standard InChI is InChI=1S/C34H39F3N2O8/c1-22(47-23(2)40)27(31(43)45-3)19-29(41)33(20-24-12-14-26(15-13-24)34(35,36)37)16-8-18-39(33)30(42)28-11-7-17-38(28)32(44)46-21-25-9-5-4-6-10-25/h4-6,9-10,12-15,22,27-28H,7-8,11,16-21H2,1-3H3/t22?,27-,28?,33?/m0/s1. The van der Waals surface area contributed by atoms with Crippen molar-refractivity contribution in [3.05, 3.63) is 71.3 Å². The topological polar surface area (TPSA) is 120 Å². The van der Waals surface area contributed by atoms with E-state index in [4.69, 9.17) is 14.2 Å². The van der Waals surface area contributed by atoms with E-state index in [2.05, 4.69) is 0 Å². The van der Waals surface area contributed by atoms with Crippen LogP contribution in [0.5, 0.6) is 0 Å². The number of nitrogens with zero attached hydrogens (tertiary/aromatic N) is 2. The number of alkyl halides is 3. The van der Waals surface area contributed by atoms with Crippen molar-refractivity contribution in [2.24, 2.45) is 5.92 Å². The molecule has 2 aromatic carbocycles. The molecule has 2 saturated heterocycles. The smallest absolute Gasteiger partial charge is 0.416 e. The number of likely N-dealkylation sites (tertiary alicyclic amines) is 2. The van der Waals surface area contributed by atoms with Crippen LogP contribution in [0.4, 0.5) is 18.0 Å². The molecule has 0 saturated carbocycles. The molecule has 2 aromatic rings. The molecule has 0 N–H and O–H groups in total. The predicted octanol–water partition coefficient (Wildman–Crippen LogP) is 5.11. The number of hydrogen-bond acceptors (Lipinski definition) is 8. The summed E-state index contributed by atoms with van der Waals surface area (Å²) < 4.78 is 55.5. The van der Waals surface area contributed by atoms with Crippen molar-refractivity contribution in [3.63, 3.8) is 0 Å². The lowest BCUT2D eigenvalue weighted by molar-refractivity contribution is -0.161. The van der Waals surface area contributed by atoms with Gasteiger partial charge in [0, 0.05) is 32.9 Å². The molecule has 3 unspecified atom stereocenters. The van der Waals surface area contributed by atoms with Gasteiger partial charge in [0.25, 0.3) is 0 Å². The van der Waals surface area contributed by atoms with Gasteiger partial charge in [-0.1, -0.05) is 42.5 Å². The highest BCUT2D eigenvalue weighted by atomic mass is 19.4. The Balaban J connectivity index is 1.65. The van der Waals surface area contributed by atoms with Gasteiger partial charge in [-0.2, -0.15) is 13.2 Å². The van der Waals surface area contributed by atoms with Gasteiger partial charge in [0.15, 0.2) is 5.78 Å². The molecule has 2 heterocycles. The minimum Gasteiger partial charge on any atom is -0.469 e. The van der Waals surface area contributed by atoms with Gasteiger partial charge in [-0.05, 0) is 55.9 Å². The minimum absolute atomic E-state index is 0.00653. The second-order valence-corrected chi connectivity index (χ2v) is 12.0. The minimum atomic E-state index is -4.57. The second-order valence-electron chi connectivity index (χ2n) is 12.0. The third-order valence-electron chi connectivity index (χ3n) is 8.86. The Morgan fingerprint density at radius 2 is 1.64 bits per heavy atom. The monoisotopic (exact) mass is 660 g/mol. The van der Waals surface area contributed by atoms with E-state index in [1.54, 1.807) is 12.1 Å². The fraction of sp³-hybridized carbons (Fsp3) is 0.500. The van der Waals surface area contributed by atoms with E-state index in [-0.39, 0.29) is 32.5 Å². The van der Waals surface area contributed by atoms with E-state index >= 15 is 0 Å². The van der Waals surface area contributed by atoms with Crippen LogP contribution in [0.15, 0.2) is 54.6 Å². The Hall–Kier alpha value is -4.42. The van der Waals surface area contributed by atoms with E-state index in [0.29, 0.717) is 24.8 Å². The summed E-state index contributed by atoms with van der Waals surface area (Å²) in [6, 6.07) is 12.5. The zero-order valence-electron chi connectivity index (χ0n) is 26.6. The van der Waals surface area contributed by atoms with Crippen LogP contribution < -0.4 is 0 Å². The first-order chi connectivity index (χ1) is 22.3. The summed E-state index contributed by atoms with van der Waals surface area (Å²) in [6.07, 6.45) is -5.46. The molecule has 47 heavy (non-hydrogen) atoms. The number of benzene rings is 2. The molecule has 0 aromatic heterocycles. The maximum atomic E-state index is 14.4. The van der Waals surface area contributed by atoms with Gasteiger partial charge >= 0.3 is 24.2 Å². The first-order valence-corrected chi connectivity index (χ1v) is 15.5. The normalized spacial score (nSPS) is 20.8. The second kappa shape index (κ2) is 15.0. The molecule has 2 fully saturated rings. The maximum Gasteiger partial charge on any atom is 0.416 e. The van der Waals surface area contributed by atoms with Gasteiger partial charge in [-0.15, -0.1) is 0 Å². The Kier molecular flexibility index (Phi) is 11.3. The van der Waals surface area contributed by atoms with Crippen molar-refractivity contribution < 1.29 is 51.4 Å². The van der Waals surface area contributed by atoms with E-state index in [1.807, 2.05) is 18.2 Å². The molecular weight excluding hydrogens is 621 g/mol. The summed E-state index contributed by atoms with van der Waals surface area (Å²) >= 11 is 0. The van der Waals surface area contributed by atoms with Gasteiger partial charge in [0.05, 0.1) is 12.7 Å². The molecular formula is C34H39F3N2O8. The summed E-state index contributed by atoms with van der Waals surface area (Å²) in [7, 11) is 1.13. The van der Waals surface area contributed by atoms with Crippen LogP contribution in [0.3, 0.4) is 0 Å². The molecule has 2 aliphatic rings. The highest BCUT2D eigenvalue weighted by molar-refractivity contribution is 5.97. The maximum absolute atomic E-state index is 14.4. The first kappa shape index (κ1) is 35.4. The molecule has 10 nitrogen and oxygen atoms in total. The number of amides is 2. The summed E-state index contributed by atoms with van der Waals surface area (Å²) in [5.74, 6) is -3.69. The average molecular weight is 661 g/mol. The number of Topliss-reactive ketones (excluding diaryl/α,β-unsaturated/α-hetero) is 1. The molecule has 0 aliphatic carbocycles. The van der Waals surface area contributed by atoms with Gasteiger partial charge in [-0.3, -0.25) is 24.1 Å². The fourth-order valence-corrected chi connectivity index (χ4v) is 6.47. The lowest BCUT2D eigenvalue weighted by Gasteiger charge is -2.40. The lowest BCUT2D eigenvalue weighted by atomic mass is 9.79. The number of rotatable bonds is 11. The summed E-state index contributed by atoms with van der Waals surface area (Å²) in [6.45, 7) is 3.04. The number of esters is 2. The largest absolute Gasteiger partial charge is 0.469 e. The van der Waals surface area contributed by atoms with Crippen molar-refractivity contribution in [2.75, 3.05) is 20.2 Å². The van der Waals surface area contributed by atoms with Crippen LogP contribution in [0, 0.1) is 5.92 Å². The van der Waals surface area contributed by atoms with Crippen molar-refractivity contribution in [3.8, 4) is 0 Å². The number of carbonyl (C=O) groups excluding carboxylic acids is 5. The molecule has 4 rings (SSSR count). The highest BCUT2D eigenvalue weighted by Gasteiger charge is 2.53. The van der Waals surface area contributed by atoms with Crippen LogP contribution in [0.25, 0.3) is 0 Å². The van der Waals surface area contributed by atoms with Gasteiger partial charge in [0.1, 0.15) is 30.2 Å². The van der Waals surface area contributed by atoms with Crippen LogP contribution in [0.2, 0.25) is 0 Å². The lowest BCUT2D eigenvalue weighted by Crippen LogP contribution is -2.59. The number of carbonyl (C=O) groups is 5. The Morgan fingerprint density at radius 1 is 0.957 bits per heavy atom. The summed E-state index contributed by atoms with van der Waals surface area (Å²) in [5.41, 5.74) is -1.27. The summed E-state index contributed by atoms with van der Waals surface area (Å²) in [4.78, 5) is 69.1.